The van der Waals surface area contributed by atoms with E-state index in [1.807, 2.05) is 0 Å². The van der Waals surface area contributed by atoms with Crippen LogP contribution in [-0.2, 0) is 40.6 Å². The van der Waals surface area contributed by atoms with Gasteiger partial charge < -0.3 is 19.0 Å². The van der Waals surface area contributed by atoms with E-state index in [1.165, 1.54) is 64.2 Å². The maximum atomic E-state index is 9.55. The number of carboxylic acid groups (broad SMARTS) is 1. The third-order valence-electron chi connectivity index (χ3n) is 3.50. The van der Waals surface area contributed by atoms with Gasteiger partial charge in [0.2, 0.25) is 6.29 Å². The van der Waals surface area contributed by atoms with E-state index in [0.29, 0.717) is 13.2 Å². The SMILES string of the molecule is CCCCCCCCOP(O)OCCCCCCCC.O=CC(=O)O.[O]=[Ti]([OH])[OH]. The van der Waals surface area contributed by atoms with Gasteiger partial charge in [0, 0.05) is 0 Å². The summed E-state index contributed by atoms with van der Waals surface area (Å²) in [7, 11) is -1.64. The van der Waals surface area contributed by atoms with E-state index in [0.717, 1.165) is 12.8 Å². The molecule has 29 heavy (non-hydrogen) atoms. The Morgan fingerprint density at radius 2 is 1.10 bits per heavy atom. The molecule has 0 aliphatic heterocycles. The average Bonchev–Trinajstić information content (AvgIpc) is 2.66. The van der Waals surface area contributed by atoms with Gasteiger partial charge in [-0.25, -0.2) is 4.79 Å². The summed E-state index contributed by atoms with van der Waals surface area (Å²) in [6.45, 7) is 5.71. The van der Waals surface area contributed by atoms with Crippen LogP contribution in [0.25, 0.3) is 0 Å². The number of rotatable bonds is 17. The molecule has 0 unspecified atom stereocenters. The van der Waals surface area contributed by atoms with Gasteiger partial charge in [0.15, 0.2) is 0 Å². The maximum absolute atomic E-state index is 9.55. The van der Waals surface area contributed by atoms with Gasteiger partial charge in [-0.3, -0.25) is 4.79 Å². The second kappa shape index (κ2) is 30.1. The monoisotopic (exact) mass is 478 g/mol. The van der Waals surface area contributed by atoms with Gasteiger partial charge in [-0.2, -0.15) is 0 Å². The molecule has 0 amide bonds. The van der Waals surface area contributed by atoms with Gasteiger partial charge in [0.1, 0.15) is 0 Å². The van der Waals surface area contributed by atoms with Crippen molar-refractivity contribution in [3.63, 3.8) is 0 Å². The van der Waals surface area contributed by atoms with Crippen molar-refractivity contribution in [2.45, 2.75) is 90.9 Å². The Balaban J connectivity index is -0.000000623. The molecule has 0 aromatic rings. The van der Waals surface area contributed by atoms with E-state index in [1.54, 1.807) is 0 Å². The molecule has 9 nitrogen and oxygen atoms in total. The summed E-state index contributed by atoms with van der Waals surface area (Å²) in [4.78, 5) is 27.5. The molecule has 0 saturated carbocycles. The first-order valence-corrected chi connectivity index (χ1v) is 13.3. The minimum absolute atomic E-state index is 0.167. The van der Waals surface area contributed by atoms with Gasteiger partial charge in [0.25, 0.3) is 0 Å². The fourth-order valence-electron chi connectivity index (χ4n) is 2.09. The van der Waals surface area contributed by atoms with Crippen molar-refractivity contribution in [2.24, 2.45) is 0 Å². The van der Waals surface area contributed by atoms with Crippen molar-refractivity contribution in [1.29, 1.82) is 0 Å². The molecule has 0 aromatic heterocycles. The second-order valence-corrected chi connectivity index (χ2v) is 8.05. The number of carbonyl (C=O) groups is 2. The van der Waals surface area contributed by atoms with E-state index in [2.05, 4.69) is 13.8 Å². The average molecular weight is 478 g/mol. The molecule has 11 heteroatoms. The third-order valence-corrected chi connectivity index (χ3v) is 4.31. The molecule has 0 aliphatic rings. The molecule has 0 heterocycles. The molecule has 0 rings (SSSR count). The van der Waals surface area contributed by atoms with Crippen LogP contribution in [0.15, 0.2) is 0 Å². The normalized spacial score (nSPS) is 9.86. The van der Waals surface area contributed by atoms with E-state index < -0.39 is 33.2 Å². The molecule has 0 aromatic carbocycles. The Kier molecular flexibility index (Phi) is 34.8. The van der Waals surface area contributed by atoms with E-state index in [-0.39, 0.29) is 6.29 Å². The van der Waals surface area contributed by atoms with Crippen LogP contribution >= 0.6 is 8.60 Å². The summed E-state index contributed by atoms with van der Waals surface area (Å²) < 4.78 is 33.8. The first-order chi connectivity index (χ1) is 13.8. The zero-order valence-electron chi connectivity index (χ0n) is 17.8. The summed E-state index contributed by atoms with van der Waals surface area (Å²) >= 11 is -3.58. The predicted molar refractivity (Wildman–Crippen MR) is 107 cm³/mol. The molecule has 0 saturated heterocycles. The standard InChI is InChI=1S/C16H35O3P.C2H2O3.2H2O.O.Ti/c1-3-5-7-9-11-13-15-18-20(17)19-16-14-12-10-8-6-4-2;3-1-2(4)5;;;;/h17H,3-16H2,1-2H3;1H,(H,4,5);2*1H2;;/q;;;;;+2/p-2. The number of unbranched alkanes of at least 4 members (excludes halogenated alkanes) is 10. The second-order valence-electron chi connectivity index (χ2n) is 6.18. The zero-order valence-corrected chi connectivity index (χ0v) is 20.2. The quantitative estimate of drug-likeness (QED) is 0.0800. The third kappa shape index (κ3) is 47.3. The van der Waals surface area contributed by atoms with Crippen molar-refractivity contribution in [3.8, 4) is 0 Å². The molecule has 0 aliphatic carbocycles. The van der Waals surface area contributed by atoms with Crippen molar-refractivity contribution < 1.29 is 58.0 Å². The predicted octanol–water partition coefficient (Wildman–Crippen LogP) is 3.99. The Bertz CT molecular complexity index is 351. The Morgan fingerprint density at radius 3 is 1.38 bits per heavy atom. The number of aldehydes is 1. The van der Waals surface area contributed by atoms with Crippen molar-refractivity contribution in [3.05, 3.63) is 0 Å². The fraction of sp³-hybridized carbons (Fsp3) is 0.889. The molecule has 174 valence electrons. The summed E-state index contributed by atoms with van der Waals surface area (Å²) in [5.74, 6) is -1.43. The number of aliphatic carboxylic acids is 1. The van der Waals surface area contributed by atoms with Crippen LogP contribution in [-0.4, -0.2) is 42.8 Å². The molecule has 0 bridgehead atoms. The number of hydrogen-bond donors (Lipinski definition) is 4. The van der Waals surface area contributed by atoms with Crippen molar-refractivity contribution in [1.82, 2.24) is 0 Å². The first-order valence-electron chi connectivity index (χ1n) is 10.2. The molecule has 0 spiro atoms. The van der Waals surface area contributed by atoms with Crippen LogP contribution in [0.2, 0.25) is 0 Å². The Hall–Kier alpha value is -0.116. The fourth-order valence-corrected chi connectivity index (χ4v) is 2.73. The van der Waals surface area contributed by atoms with Crippen molar-refractivity contribution in [2.75, 3.05) is 13.2 Å². The molecule has 4 N–H and O–H groups in total. The van der Waals surface area contributed by atoms with Crippen LogP contribution in [0, 0.1) is 0 Å². The van der Waals surface area contributed by atoms with Gasteiger partial charge in [-0.05, 0) is 12.8 Å². The molecule has 0 atom stereocenters. The number of carbonyl (C=O) groups excluding carboxylic acids is 1. The molecule has 0 fully saturated rings. The first kappa shape index (κ1) is 33.5. The Labute approximate surface area is 182 Å². The van der Waals surface area contributed by atoms with E-state index in [9.17, 15) is 4.89 Å². The molecule has 0 radical (unpaired) electrons. The summed E-state index contributed by atoms with van der Waals surface area (Å²) in [6, 6.07) is 0. The topological polar surface area (TPSA) is 151 Å². The minimum atomic E-state index is -3.58. The van der Waals surface area contributed by atoms with Crippen LogP contribution in [0.3, 0.4) is 0 Å². The molecular weight excluding hydrogens is 439 g/mol. The van der Waals surface area contributed by atoms with Gasteiger partial charge >= 0.3 is 43.9 Å². The molecular formula is C18H39O9PTi. The van der Waals surface area contributed by atoms with Gasteiger partial charge in [-0.15, -0.1) is 0 Å². The van der Waals surface area contributed by atoms with Crippen LogP contribution in [0.5, 0.6) is 0 Å². The number of hydrogen-bond acceptors (Lipinski definition) is 6. The Morgan fingerprint density at radius 1 is 0.828 bits per heavy atom. The summed E-state index contributed by atoms with van der Waals surface area (Å²) in [6.07, 6.45) is 14.7. The van der Waals surface area contributed by atoms with Gasteiger partial charge in [0.05, 0.1) is 13.2 Å². The van der Waals surface area contributed by atoms with Crippen LogP contribution in [0.1, 0.15) is 90.9 Å². The van der Waals surface area contributed by atoms with E-state index in [4.69, 9.17) is 34.4 Å². The number of carboxylic acids is 1. The van der Waals surface area contributed by atoms with Crippen LogP contribution in [0.4, 0.5) is 0 Å². The zero-order chi connectivity index (χ0) is 22.8. The van der Waals surface area contributed by atoms with Crippen molar-refractivity contribution >= 4 is 20.9 Å². The van der Waals surface area contributed by atoms with Gasteiger partial charge in [-0.1, -0.05) is 78.1 Å². The van der Waals surface area contributed by atoms with E-state index >= 15 is 0 Å². The summed E-state index contributed by atoms with van der Waals surface area (Å²) in [5.41, 5.74) is 0. The van der Waals surface area contributed by atoms with Crippen LogP contribution < -0.4 is 0 Å². The summed E-state index contributed by atoms with van der Waals surface area (Å²) in [5, 5.41) is 7.35.